The maximum absolute atomic E-state index is 11.9. The molecule has 0 saturated carbocycles. The van der Waals surface area contributed by atoms with Crippen molar-refractivity contribution in [3.63, 3.8) is 0 Å². The van der Waals surface area contributed by atoms with Crippen LogP contribution in [0.3, 0.4) is 0 Å². The van der Waals surface area contributed by atoms with E-state index in [4.69, 9.17) is 23.2 Å². The Morgan fingerprint density at radius 3 is 2.43 bits per heavy atom. The zero-order valence-corrected chi connectivity index (χ0v) is 8.03. The summed E-state index contributed by atoms with van der Waals surface area (Å²) >= 11 is 10.3. The van der Waals surface area contributed by atoms with Gasteiger partial charge in [-0.05, 0) is 12.1 Å². The van der Waals surface area contributed by atoms with E-state index in [1.165, 1.54) is 12.1 Å². The lowest BCUT2D eigenvalue weighted by Crippen LogP contribution is -2.16. The molecule has 0 saturated heterocycles. The van der Waals surface area contributed by atoms with Crippen LogP contribution < -0.4 is 0 Å². The summed E-state index contributed by atoms with van der Waals surface area (Å²) in [6.45, 7) is 0. The van der Waals surface area contributed by atoms with Gasteiger partial charge < -0.3 is 0 Å². The summed E-state index contributed by atoms with van der Waals surface area (Å²) in [7, 11) is 0. The fourth-order valence-electron chi connectivity index (χ4n) is 0.611. The molecule has 0 aromatic carbocycles. The van der Waals surface area contributed by atoms with Gasteiger partial charge in [-0.3, -0.25) is 0 Å². The van der Waals surface area contributed by atoms with Gasteiger partial charge in [0, 0.05) is 0 Å². The van der Waals surface area contributed by atoms with Gasteiger partial charge in [0.2, 0.25) is 5.17 Å². The minimum Gasteiger partial charge on any atom is -0.242 e. The van der Waals surface area contributed by atoms with Crippen molar-refractivity contribution in [3.05, 3.63) is 23.5 Å². The van der Waals surface area contributed by atoms with Crippen molar-refractivity contribution < 1.29 is 13.2 Å². The zero-order chi connectivity index (χ0) is 10.8. The Balaban J connectivity index is 2.93. The average Bonchev–Trinajstić information content (AvgIpc) is 2.07. The van der Waals surface area contributed by atoms with Crippen molar-refractivity contribution >= 4 is 34.1 Å². The number of aliphatic imine (C=N–C) groups is 1. The second kappa shape index (κ2) is 4.14. The van der Waals surface area contributed by atoms with Crippen LogP contribution >= 0.6 is 23.2 Å². The second-order valence-corrected chi connectivity index (χ2v) is 2.98. The molecule has 2 nitrogen and oxygen atoms in total. The van der Waals surface area contributed by atoms with Crippen LogP contribution in [0.5, 0.6) is 0 Å². The summed E-state index contributed by atoms with van der Waals surface area (Å²) in [5, 5.41) is -1.27. The maximum atomic E-state index is 11.9. The zero-order valence-electron chi connectivity index (χ0n) is 6.52. The lowest BCUT2D eigenvalue weighted by Gasteiger charge is -2.02. The van der Waals surface area contributed by atoms with Gasteiger partial charge in [-0.2, -0.15) is 13.2 Å². The SMILES string of the molecule is FC(F)(F)C(Cl)=Nc1ccc(Cl)nc1. The molecular weight excluding hydrogens is 240 g/mol. The molecule has 1 rings (SSSR count). The number of pyridine rings is 1. The minimum absolute atomic E-state index is 0.00303. The van der Waals surface area contributed by atoms with Crippen LogP contribution in [0.2, 0.25) is 5.15 Å². The highest BCUT2D eigenvalue weighted by atomic mass is 35.5. The Hall–Kier alpha value is -0.810. The summed E-state index contributed by atoms with van der Waals surface area (Å²) < 4.78 is 35.7. The number of rotatable bonds is 1. The first-order valence-electron chi connectivity index (χ1n) is 3.32. The second-order valence-electron chi connectivity index (χ2n) is 2.24. The van der Waals surface area contributed by atoms with E-state index in [-0.39, 0.29) is 10.8 Å². The number of nitrogens with zero attached hydrogens (tertiary/aromatic N) is 2. The summed E-state index contributed by atoms with van der Waals surface area (Å²) in [6, 6.07) is 2.60. The normalized spacial score (nSPS) is 13.1. The van der Waals surface area contributed by atoms with E-state index >= 15 is 0 Å². The highest BCUT2D eigenvalue weighted by Crippen LogP contribution is 2.23. The van der Waals surface area contributed by atoms with E-state index in [9.17, 15) is 13.2 Å². The Kier molecular flexibility index (Phi) is 3.34. The predicted octanol–water partition coefficient (Wildman–Crippen LogP) is 3.57. The molecular formula is C7H3Cl2F3N2. The summed E-state index contributed by atoms with van der Waals surface area (Å²) in [6.07, 6.45) is -3.54. The van der Waals surface area contributed by atoms with Crippen molar-refractivity contribution in [1.82, 2.24) is 4.98 Å². The molecule has 14 heavy (non-hydrogen) atoms. The van der Waals surface area contributed by atoms with Crippen molar-refractivity contribution in [2.75, 3.05) is 0 Å². The molecule has 76 valence electrons. The molecule has 0 aliphatic carbocycles. The molecule has 0 radical (unpaired) electrons. The van der Waals surface area contributed by atoms with Crippen molar-refractivity contribution in [3.8, 4) is 0 Å². The lowest BCUT2D eigenvalue weighted by atomic mass is 10.4. The quantitative estimate of drug-likeness (QED) is 0.546. The van der Waals surface area contributed by atoms with Crippen LogP contribution in [0, 0.1) is 0 Å². The standard InChI is InChI=1S/C7H3Cl2F3N2/c8-5-2-1-4(3-13-5)14-6(9)7(10,11)12/h1-3H. The Morgan fingerprint density at radius 1 is 1.36 bits per heavy atom. The maximum Gasteiger partial charge on any atom is 0.444 e. The Bertz CT molecular complexity index is 345. The molecule has 0 unspecified atom stereocenters. The first-order valence-corrected chi connectivity index (χ1v) is 4.08. The van der Waals surface area contributed by atoms with E-state index in [1.54, 1.807) is 0 Å². The van der Waals surface area contributed by atoms with Crippen LogP contribution in [0.1, 0.15) is 0 Å². The molecule has 0 amide bonds. The molecule has 0 aliphatic heterocycles. The summed E-state index contributed by atoms with van der Waals surface area (Å²) in [5.41, 5.74) is -0.00303. The monoisotopic (exact) mass is 242 g/mol. The highest BCUT2D eigenvalue weighted by molar-refractivity contribution is 6.67. The fraction of sp³-hybridized carbons (Fsp3) is 0.143. The third-order valence-electron chi connectivity index (χ3n) is 1.17. The molecule has 1 heterocycles. The number of halogens is 5. The molecule has 7 heteroatoms. The van der Waals surface area contributed by atoms with Gasteiger partial charge in [0.05, 0.1) is 11.9 Å². The van der Waals surface area contributed by atoms with Gasteiger partial charge in [0.15, 0.2) is 0 Å². The van der Waals surface area contributed by atoms with E-state index < -0.39 is 11.3 Å². The van der Waals surface area contributed by atoms with Crippen LogP contribution in [0.15, 0.2) is 23.3 Å². The largest absolute Gasteiger partial charge is 0.444 e. The molecule has 1 aromatic heterocycles. The Labute approximate surface area is 87.4 Å². The molecule has 0 spiro atoms. The van der Waals surface area contributed by atoms with Crippen LogP contribution in [0.25, 0.3) is 0 Å². The third-order valence-corrected chi connectivity index (χ3v) is 1.70. The van der Waals surface area contributed by atoms with E-state index in [1.807, 2.05) is 0 Å². The topological polar surface area (TPSA) is 25.2 Å². The van der Waals surface area contributed by atoms with Gasteiger partial charge in [-0.25, -0.2) is 9.98 Å². The Morgan fingerprint density at radius 2 is 2.00 bits per heavy atom. The third kappa shape index (κ3) is 3.16. The van der Waals surface area contributed by atoms with Gasteiger partial charge in [0.1, 0.15) is 5.15 Å². The van der Waals surface area contributed by atoms with Crippen molar-refractivity contribution in [2.45, 2.75) is 6.18 Å². The summed E-state index contributed by atoms with van der Waals surface area (Å²) in [4.78, 5) is 6.65. The number of hydrogen-bond acceptors (Lipinski definition) is 2. The fourth-order valence-corrected chi connectivity index (χ4v) is 0.820. The van der Waals surface area contributed by atoms with Crippen molar-refractivity contribution in [1.29, 1.82) is 0 Å². The molecule has 0 fully saturated rings. The molecule has 0 atom stereocenters. The van der Waals surface area contributed by atoms with Crippen molar-refractivity contribution in [2.24, 2.45) is 4.99 Å². The lowest BCUT2D eigenvalue weighted by molar-refractivity contribution is -0.0558. The van der Waals surface area contributed by atoms with E-state index in [0.29, 0.717) is 0 Å². The van der Waals surface area contributed by atoms with Gasteiger partial charge >= 0.3 is 6.18 Å². The van der Waals surface area contributed by atoms with Gasteiger partial charge in [-0.1, -0.05) is 23.2 Å². The van der Waals surface area contributed by atoms with Crippen LogP contribution in [-0.4, -0.2) is 16.3 Å². The molecule has 0 N–H and O–H groups in total. The van der Waals surface area contributed by atoms with Crippen LogP contribution in [0.4, 0.5) is 18.9 Å². The summed E-state index contributed by atoms with van der Waals surface area (Å²) in [5.74, 6) is 0. The number of alkyl halides is 3. The number of aromatic nitrogens is 1. The minimum atomic E-state index is -4.64. The highest BCUT2D eigenvalue weighted by Gasteiger charge is 2.34. The molecule has 0 aliphatic rings. The van der Waals surface area contributed by atoms with Crippen LogP contribution in [-0.2, 0) is 0 Å². The molecule has 0 bridgehead atoms. The first kappa shape index (κ1) is 11.3. The van der Waals surface area contributed by atoms with E-state index in [0.717, 1.165) is 6.20 Å². The van der Waals surface area contributed by atoms with E-state index in [2.05, 4.69) is 9.98 Å². The predicted molar refractivity (Wildman–Crippen MR) is 48.3 cm³/mol. The number of hydrogen-bond donors (Lipinski definition) is 0. The average molecular weight is 243 g/mol. The van der Waals surface area contributed by atoms with Gasteiger partial charge in [-0.15, -0.1) is 0 Å². The molecule has 1 aromatic rings. The first-order chi connectivity index (χ1) is 6.39. The van der Waals surface area contributed by atoms with Gasteiger partial charge in [0.25, 0.3) is 0 Å². The smallest absolute Gasteiger partial charge is 0.242 e.